The predicted octanol–water partition coefficient (Wildman–Crippen LogP) is -1.64. The fourth-order valence-corrected chi connectivity index (χ4v) is 4.15. The van der Waals surface area contributed by atoms with Crippen molar-refractivity contribution in [2.45, 2.75) is 62.7 Å². The number of carboxylic acid groups (broad SMARTS) is 1. The predicted molar refractivity (Wildman–Crippen MR) is 162 cm³/mol. The number of nitrogens with zero attached hydrogens (tertiary/aromatic N) is 1. The lowest BCUT2D eigenvalue weighted by Gasteiger charge is -2.25. The smallest absolute Gasteiger partial charge is 0.326 e. The summed E-state index contributed by atoms with van der Waals surface area (Å²) in [6, 6.07) is 9.71. The van der Waals surface area contributed by atoms with Crippen LogP contribution in [0.1, 0.15) is 36.8 Å². The number of amides is 4. The van der Waals surface area contributed by atoms with E-state index in [1.165, 1.54) is 12.1 Å². The molecule has 15 nitrogen and oxygen atoms in total. The fraction of sp³-hybridized carbons (Fsp3) is 0.379. The highest BCUT2D eigenvalue weighted by molar-refractivity contribution is 5.94. The molecule has 4 atom stereocenters. The average Bonchev–Trinajstić information content (AvgIpc) is 2.97. The lowest BCUT2D eigenvalue weighted by atomic mass is 10.0. The van der Waals surface area contributed by atoms with Gasteiger partial charge in [-0.3, -0.25) is 24.2 Å². The minimum Gasteiger partial charge on any atom is -0.508 e. The van der Waals surface area contributed by atoms with Crippen molar-refractivity contribution in [3.63, 3.8) is 0 Å². The molecule has 0 heterocycles. The maximum Gasteiger partial charge on any atom is 0.326 e. The Balaban J connectivity index is 2.28. The second-order valence-electron chi connectivity index (χ2n) is 10.1. The maximum atomic E-state index is 13.5. The summed E-state index contributed by atoms with van der Waals surface area (Å²) in [5.41, 5.74) is 23.0. The summed E-state index contributed by atoms with van der Waals surface area (Å²) < 4.78 is 0. The molecular formula is C29H40N8O7. The third-order valence-corrected chi connectivity index (χ3v) is 6.52. The number of carboxylic acids is 1. The van der Waals surface area contributed by atoms with Crippen LogP contribution in [-0.2, 0) is 36.8 Å². The standard InChI is InChI=1S/C29H40N8O7/c30-20(12-13-24(31)39)25(40)35-21(7-4-14-34-29(32)33)26(41)36-22(15-18-8-10-19(38)11-9-18)27(42)37-23(28(43)44)16-17-5-2-1-3-6-17/h1-3,5-6,8-11,20-23,38H,4,7,12-16,30H2,(H2,31,39)(H,35,40)(H,36,41)(H,37,42)(H,43,44)(H4,32,33,34). The van der Waals surface area contributed by atoms with Gasteiger partial charge in [-0.15, -0.1) is 0 Å². The number of nitrogens with one attached hydrogen (secondary N) is 3. The van der Waals surface area contributed by atoms with Crippen LogP contribution in [0, 0.1) is 0 Å². The van der Waals surface area contributed by atoms with Crippen LogP contribution in [0.3, 0.4) is 0 Å². The molecule has 2 aromatic carbocycles. The number of benzene rings is 2. The number of carbonyl (C=O) groups excluding carboxylic acids is 4. The topological polar surface area (TPSA) is 278 Å². The number of phenols is 1. The Bertz CT molecular complexity index is 1300. The third-order valence-electron chi connectivity index (χ3n) is 6.52. The van der Waals surface area contributed by atoms with Gasteiger partial charge in [-0.2, -0.15) is 0 Å². The van der Waals surface area contributed by atoms with Crippen molar-refractivity contribution >= 4 is 35.6 Å². The number of guanidine groups is 1. The highest BCUT2D eigenvalue weighted by Gasteiger charge is 2.30. The summed E-state index contributed by atoms with van der Waals surface area (Å²) in [6.07, 6.45) is 0.0542. The largest absolute Gasteiger partial charge is 0.508 e. The van der Waals surface area contributed by atoms with E-state index in [1.807, 2.05) is 0 Å². The average molecular weight is 613 g/mol. The van der Waals surface area contributed by atoms with E-state index in [0.717, 1.165) is 0 Å². The molecule has 0 aromatic heterocycles. The highest BCUT2D eigenvalue weighted by atomic mass is 16.4. The van der Waals surface area contributed by atoms with E-state index in [2.05, 4.69) is 20.9 Å². The molecule has 13 N–H and O–H groups in total. The van der Waals surface area contributed by atoms with Gasteiger partial charge in [0.05, 0.1) is 6.04 Å². The van der Waals surface area contributed by atoms with Gasteiger partial charge in [0.1, 0.15) is 23.9 Å². The van der Waals surface area contributed by atoms with E-state index in [0.29, 0.717) is 11.1 Å². The number of aliphatic imine (C=N–C) groups is 1. The third kappa shape index (κ3) is 12.8. The van der Waals surface area contributed by atoms with Crippen LogP contribution in [0.5, 0.6) is 5.75 Å². The Morgan fingerprint density at radius 1 is 0.727 bits per heavy atom. The first kappa shape index (κ1) is 35.0. The van der Waals surface area contributed by atoms with Crippen molar-refractivity contribution in [2.24, 2.45) is 27.9 Å². The second-order valence-corrected chi connectivity index (χ2v) is 10.1. The number of nitrogens with two attached hydrogens (primary N) is 4. The van der Waals surface area contributed by atoms with Gasteiger partial charge in [-0.05, 0) is 42.5 Å². The normalized spacial score (nSPS) is 13.4. The Labute approximate surface area is 254 Å². The molecule has 0 aliphatic heterocycles. The van der Waals surface area contributed by atoms with Crippen LogP contribution in [0.25, 0.3) is 0 Å². The molecule has 0 spiro atoms. The summed E-state index contributed by atoms with van der Waals surface area (Å²) in [5, 5.41) is 27.1. The number of aliphatic carboxylic acids is 1. The van der Waals surface area contributed by atoms with Crippen LogP contribution < -0.4 is 38.9 Å². The number of primary amides is 1. The van der Waals surface area contributed by atoms with Crippen LogP contribution in [0.2, 0.25) is 0 Å². The monoisotopic (exact) mass is 612 g/mol. The van der Waals surface area contributed by atoms with E-state index in [-0.39, 0.29) is 56.8 Å². The molecule has 2 rings (SSSR count). The van der Waals surface area contributed by atoms with E-state index in [1.54, 1.807) is 42.5 Å². The van der Waals surface area contributed by atoms with Gasteiger partial charge in [0.2, 0.25) is 23.6 Å². The van der Waals surface area contributed by atoms with E-state index in [4.69, 9.17) is 22.9 Å². The SMILES string of the molecule is NC(=O)CCC(N)C(=O)NC(CCCN=C(N)N)C(=O)NC(Cc1ccc(O)cc1)C(=O)NC(Cc1ccccc1)C(=O)O. The van der Waals surface area contributed by atoms with Crippen molar-refractivity contribution in [3.8, 4) is 5.75 Å². The summed E-state index contributed by atoms with van der Waals surface area (Å²) in [4.78, 5) is 66.7. The van der Waals surface area contributed by atoms with Gasteiger partial charge in [0, 0.05) is 25.8 Å². The molecular weight excluding hydrogens is 572 g/mol. The molecule has 0 fully saturated rings. The maximum absolute atomic E-state index is 13.5. The van der Waals surface area contributed by atoms with E-state index in [9.17, 15) is 34.2 Å². The number of hydrogen-bond donors (Lipinski definition) is 9. The van der Waals surface area contributed by atoms with E-state index >= 15 is 0 Å². The second kappa shape index (κ2) is 17.7. The Kier molecular flexibility index (Phi) is 14.1. The van der Waals surface area contributed by atoms with Gasteiger partial charge in [0.15, 0.2) is 5.96 Å². The Morgan fingerprint density at radius 2 is 1.27 bits per heavy atom. The van der Waals surface area contributed by atoms with Crippen molar-refractivity contribution < 1.29 is 34.2 Å². The van der Waals surface area contributed by atoms with Crippen LogP contribution in [-0.4, -0.2) is 76.5 Å². The fourth-order valence-electron chi connectivity index (χ4n) is 4.15. The highest BCUT2D eigenvalue weighted by Crippen LogP contribution is 2.13. The van der Waals surface area contributed by atoms with Gasteiger partial charge in [0.25, 0.3) is 0 Å². The van der Waals surface area contributed by atoms with Crippen molar-refractivity contribution in [1.82, 2.24) is 16.0 Å². The molecule has 0 bridgehead atoms. The number of carbonyl (C=O) groups is 5. The quantitative estimate of drug-likeness (QED) is 0.0526. The van der Waals surface area contributed by atoms with Crippen molar-refractivity contribution in [3.05, 3.63) is 65.7 Å². The Morgan fingerprint density at radius 3 is 1.86 bits per heavy atom. The number of rotatable bonds is 18. The molecule has 2 aromatic rings. The van der Waals surface area contributed by atoms with Crippen molar-refractivity contribution in [1.29, 1.82) is 0 Å². The summed E-state index contributed by atoms with van der Waals surface area (Å²) in [7, 11) is 0. The van der Waals surface area contributed by atoms with Gasteiger partial charge in [-0.1, -0.05) is 42.5 Å². The van der Waals surface area contributed by atoms with Crippen LogP contribution >= 0.6 is 0 Å². The molecule has 0 radical (unpaired) electrons. The lowest BCUT2D eigenvalue weighted by molar-refractivity contribution is -0.142. The zero-order chi connectivity index (χ0) is 32.6. The summed E-state index contributed by atoms with van der Waals surface area (Å²) in [6.45, 7) is 0.146. The van der Waals surface area contributed by atoms with Gasteiger partial charge in [-0.25, -0.2) is 4.79 Å². The molecule has 238 valence electrons. The molecule has 4 unspecified atom stereocenters. The van der Waals surface area contributed by atoms with Gasteiger partial charge < -0.3 is 49.1 Å². The molecule has 0 aliphatic rings. The first-order valence-electron chi connectivity index (χ1n) is 13.9. The molecule has 0 saturated heterocycles. The van der Waals surface area contributed by atoms with Crippen molar-refractivity contribution in [2.75, 3.05) is 6.54 Å². The molecule has 15 heteroatoms. The first-order valence-corrected chi connectivity index (χ1v) is 13.9. The summed E-state index contributed by atoms with van der Waals surface area (Å²) >= 11 is 0. The minimum absolute atomic E-state index is 0.00550. The first-order chi connectivity index (χ1) is 20.8. The molecule has 44 heavy (non-hydrogen) atoms. The Hall–Kier alpha value is -5.18. The van der Waals surface area contributed by atoms with Gasteiger partial charge >= 0.3 is 5.97 Å². The number of phenolic OH excluding ortho intramolecular Hbond substituents is 1. The molecule has 0 aliphatic carbocycles. The number of hydrogen-bond acceptors (Lipinski definition) is 8. The van der Waals surface area contributed by atoms with Crippen LogP contribution in [0.4, 0.5) is 0 Å². The van der Waals surface area contributed by atoms with E-state index < -0.39 is 53.8 Å². The lowest BCUT2D eigenvalue weighted by Crippen LogP contribution is -2.57. The minimum atomic E-state index is -1.30. The molecule has 4 amide bonds. The van der Waals surface area contributed by atoms with Crippen LogP contribution in [0.15, 0.2) is 59.6 Å². The zero-order valence-electron chi connectivity index (χ0n) is 24.1. The zero-order valence-corrected chi connectivity index (χ0v) is 24.1. The molecule has 0 saturated carbocycles. The number of aromatic hydroxyl groups is 1. The summed E-state index contributed by atoms with van der Waals surface area (Å²) in [5.74, 6) is -4.33.